The van der Waals surface area contributed by atoms with Crippen molar-refractivity contribution < 1.29 is 9.53 Å². The van der Waals surface area contributed by atoms with Crippen LogP contribution in [0.3, 0.4) is 0 Å². The largest absolute Gasteiger partial charge is 0.482 e. The average molecular weight is 317 g/mol. The van der Waals surface area contributed by atoms with E-state index in [2.05, 4.69) is 10.2 Å². The summed E-state index contributed by atoms with van der Waals surface area (Å²) in [5, 5.41) is 3.78. The Bertz CT molecular complexity index is 462. The Hall–Kier alpha value is -0.970. The standard InChI is InChI=1S/C14H18Cl2N2O2/c15-11-3-4-13(12(16)9-11)20-10-14(19)17-5-8-18-6-1-2-7-18/h3-4,9H,1-2,5-8,10H2,(H,17,19). The Morgan fingerprint density at radius 1 is 1.30 bits per heavy atom. The molecule has 20 heavy (non-hydrogen) atoms. The molecule has 1 saturated heterocycles. The van der Waals surface area contributed by atoms with Gasteiger partial charge in [-0.3, -0.25) is 4.79 Å². The molecule has 0 saturated carbocycles. The van der Waals surface area contributed by atoms with Crippen molar-refractivity contribution in [3.63, 3.8) is 0 Å². The molecule has 1 fully saturated rings. The minimum atomic E-state index is -0.143. The molecule has 0 spiro atoms. The van der Waals surface area contributed by atoms with Crippen molar-refractivity contribution in [3.8, 4) is 5.75 Å². The molecule has 0 aliphatic carbocycles. The molecule has 2 rings (SSSR count). The van der Waals surface area contributed by atoms with Gasteiger partial charge in [-0.1, -0.05) is 23.2 Å². The number of ether oxygens (including phenoxy) is 1. The lowest BCUT2D eigenvalue weighted by Gasteiger charge is -2.15. The van der Waals surface area contributed by atoms with E-state index in [-0.39, 0.29) is 12.5 Å². The Morgan fingerprint density at radius 3 is 2.75 bits per heavy atom. The molecule has 0 radical (unpaired) electrons. The van der Waals surface area contributed by atoms with Crippen LogP contribution < -0.4 is 10.1 Å². The van der Waals surface area contributed by atoms with Crippen molar-refractivity contribution in [2.45, 2.75) is 12.8 Å². The Kier molecular flexibility index (Phi) is 5.95. The van der Waals surface area contributed by atoms with Crippen molar-refractivity contribution in [1.82, 2.24) is 10.2 Å². The van der Waals surface area contributed by atoms with Crippen LogP contribution in [0.2, 0.25) is 10.0 Å². The van der Waals surface area contributed by atoms with Crippen LogP contribution in [-0.4, -0.2) is 43.6 Å². The highest BCUT2D eigenvalue weighted by Gasteiger charge is 2.11. The van der Waals surface area contributed by atoms with E-state index in [1.54, 1.807) is 18.2 Å². The van der Waals surface area contributed by atoms with Crippen molar-refractivity contribution in [3.05, 3.63) is 28.2 Å². The summed E-state index contributed by atoms with van der Waals surface area (Å²) in [4.78, 5) is 14.0. The highest BCUT2D eigenvalue weighted by atomic mass is 35.5. The third-order valence-corrected chi connectivity index (χ3v) is 3.73. The lowest BCUT2D eigenvalue weighted by molar-refractivity contribution is -0.123. The fourth-order valence-corrected chi connectivity index (χ4v) is 2.61. The van der Waals surface area contributed by atoms with E-state index in [0.717, 1.165) is 19.6 Å². The fraction of sp³-hybridized carbons (Fsp3) is 0.500. The van der Waals surface area contributed by atoms with Crippen LogP contribution in [0, 0.1) is 0 Å². The number of likely N-dealkylation sites (tertiary alicyclic amines) is 1. The summed E-state index contributed by atoms with van der Waals surface area (Å²) in [5.41, 5.74) is 0. The molecule has 1 amide bonds. The van der Waals surface area contributed by atoms with Crippen molar-refractivity contribution in [2.75, 3.05) is 32.8 Å². The number of carbonyl (C=O) groups is 1. The molecular formula is C14H18Cl2N2O2. The van der Waals surface area contributed by atoms with Gasteiger partial charge in [-0.25, -0.2) is 0 Å². The SMILES string of the molecule is O=C(COc1ccc(Cl)cc1Cl)NCCN1CCCC1. The Morgan fingerprint density at radius 2 is 2.05 bits per heavy atom. The molecular weight excluding hydrogens is 299 g/mol. The predicted molar refractivity (Wildman–Crippen MR) is 80.6 cm³/mol. The zero-order valence-corrected chi connectivity index (χ0v) is 12.7. The van der Waals surface area contributed by atoms with Crippen molar-refractivity contribution >= 4 is 29.1 Å². The molecule has 0 aromatic heterocycles. The van der Waals surface area contributed by atoms with Crippen LogP contribution >= 0.6 is 23.2 Å². The summed E-state index contributed by atoms with van der Waals surface area (Å²) in [6.07, 6.45) is 2.51. The van der Waals surface area contributed by atoms with Gasteiger partial charge in [-0.2, -0.15) is 0 Å². The molecule has 1 aromatic carbocycles. The third-order valence-electron chi connectivity index (χ3n) is 3.20. The van der Waals surface area contributed by atoms with Crippen LogP contribution in [0.1, 0.15) is 12.8 Å². The van der Waals surface area contributed by atoms with Crippen LogP contribution in [0.25, 0.3) is 0 Å². The number of nitrogens with one attached hydrogen (secondary N) is 1. The number of hydrogen-bond acceptors (Lipinski definition) is 3. The van der Waals surface area contributed by atoms with Crippen LogP contribution in [-0.2, 0) is 4.79 Å². The molecule has 0 atom stereocenters. The molecule has 1 heterocycles. The predicted octanol–water partition coefficient (Wildman–Crippen LogP) is 2.58. The number of amides is 1. The number of hydrogen-bond donors (Lipinski definition) is 1. The van der Waals surface area contributed by atoms with Gasteiger partial charge in [0.25, 0.3) is 5.91 Å². The molecule has 110 valence electrons. The van der Waals surface area contributed by atoms with E-state index in [9.17, 15) is 4.79 Å². The summed E-state index contributed by atoms with van der Waals surface area (Å²) < 4.78 is 5.36. The summed E-state index contributed by atoms with van der Waals surface area (Å²) >= 11 is 11.7. The zero-order chi connectivity index (χ0) is 14.4. The summed E-state index contributed by atoms with van der Waals surface area (Å²) in [5.74, 6) is 0.320. The minimum Gasteiger partial charge on any atom is -0.482 e. The van der Waals surface area contributed by atoms with E-state index in [0.29, 0.717) is 22.3 Å². The maximum absolute atomic E-state index is 11.6. The number of benzene rings is 1. The summed E-state index contributed by atoms with van der Waals surface area (Å²) in [6, 6.07) is 4.92. The third kappa shape index (κ3) is 4.85. The smallest absolute Gasteiger partial charge is 0.257 e. The van der Waals surface area contributed by atoms with Crippen LogP contribution in [0.15, 0.2) is 18.2 Å². The van der Waals surface area contributed by atoms with Crippen molar-refractivity contribution in [2.24, 2.45) is 0 Å². The number of rotatable bonds is 6. The Labute approximate surface area is 129 Å². The second-order valence-corrected chi connectivity index (χ2v) is 5.61. The first kappa shape index (κ1) is 15.4. The molecule has 1 aliphatic rings. The van der Waals surface area contributed by atoms with Gasteiger partial charge in [0.2, 0.25) is 0 Å². The van der Waals surface area contributed by atoms with Gasteiger partial charge >= 0.3 is 0 Å². The fourth-order valence-electron chi connectivity index (χ4n) is 2.15. The van der Waals surface area contributed by atoms with Crippen molar-refractivity contribution in [1.29, 1.82) is 0 Å². The van der Waals surface area contributed by atoms with Gasteiger partial charge in [0.15, 0.2) is 6.61 Å². The molecule has 0 bridgehead atoms. The zero-order valence-electron chi connectivity index (χ0n) is 11.2. The number of carbonyl (C=O) groups excluding carboxylic acids is 1. The first-order valence-electron chi connectivity index (χ1n) is 6.72. The lowest BCUT2D eigenvalue weighted by Crippen LogP contribution is -2.35. The topological polar surface area (TPSA) is 41.6 Å². The average Bonchev–Trinajstić information content (AvgIpc) is 2.91. The van der Waals surface area contributed by atoms with Crippen LogP contribution in [0.4, 0.5) is 0 Å². The van der Waals surface area contributed by atoms with Crippen LogP contribution in [0.5, 0.6) is 5.75 Å². The normalized spacial score (nSPS) is 15.3. The lowest BCUT2D eigenvalue weighted by atomic mass is 10.3. The van der Waals surface area contributed by atoms with E-state index < -0.39 is 0 Å². The Balaban J connectivity index is 1.66. The van der Waals surface area contributed by atoms with Gasteiger partial charge < -0.3 is 15.0 Å². The molecule has 1 aliphatic heterocycles. The number of halogens is 2. The minimum absolute atomic E-state index is 0.0403. The molecule has 4 nitrogen and oxygen atoms in total. The van der Waals surface area contributed by atoms with E-state index in [1.165, 1.54) is 12.8 Å². The second kappa shape index (κ2) is 7.72. The molecule has 6 heteroatoms. The van der Waals surface area contributed by atoms with Gasteiger partial charge in [0, 0.05) is 18.1 Å². The summed E-state index contributed by atoms with van der Waals surface area (Å²) in [6.45, 7) is 3.77. The van der Waals surface area contributed by atoms with E-state index in [4.69, 9.17) is 27.9 Å². The van der Waals surface area contributed by atoms with E-state index >= 15 is 0 Å². The van der Waals surface area contributed by atoms with Gasteiger partial charge in [0.1, 0.15) is 5.75 Å². The summed E-state index contributed by atoms with van der Waals surface area (Å²) in [7, 11) is 0. The molecule has 1 N–H and O–H groups in total. The monoisotopic (exact) mass is 316 g/mol. The van der Waals surface area contributed by atoms with E-state index in [1.807, 2.05) is 0 Å². The quantitative estimate of drug-likeness (QED) is 0.877. The maximum Gasteiger partial charge on any atom is 0.257 e. The first-order chi connectivity index (χ1) is 9.65. The molecule has 1 aromatic rings. The first-order valence-corrected chi connectivity index (χ1v) is 7.47. The van der Waals surface area contributed by atoms with Gasteiger partial charge in [-0.15, -0.1) is 0 Å². The number of nitrogens with zero attached hydrogens (tertiary/aromatic N) is 1. The van der Waals surface area contributed by atoms with Gasteiger partial charge in [0.05, 0.1) is 5.02 Å². The molecule has 0 unspecified atom stereocenters. The maximum atomic E-state index is 11.6. The highest BCUT2D eigenvalue weighted by Crippen LogP contribution is 2.27. The highest BCUT2D eigenvalue weighted by molar-refractivity contribution is 6.35. The second-order valence-electron chi connectivity index (χ2n) is 4.76. The van der Waals surface area contributed by atoms with Gasteiger partial charge in [-0.05, 0) is 44.1 Å².